The quantitative estimate of drug-likeness (QED) is 0.644. The van der Waals surface area contributed by atoms with Crippen molar-refractivity contribution in [2.45, 2.75) is 25.1 Å². The van der Waals surface area contributed by atoms with Gasteiger partial charge in [0.05, 0.1) is 17.2 Å². The van der Waals surface area contributed by atoms with E-state index in [2.05, 4.69) is 15.4 Å². The van der Waals surface area contributed by atoms with Crippen LogP contribution in [0, 0.1) is 11.7 Å². The number of anilines is 1. The number of rotatable bonds is 4. The Labute approximate surface area is 162 Å². The zero-order chi connectivity index (χ0) is 20.8. The summed E-state index contributed by atoms with van der Waals surface area (Å²) in [4.78, 5) is 15.6. The Morgan fingerprint density at radius 3 is 2.72 bits per heavy atom. The van der Waals surface area contributed by atoms with Gasteiger partial charge in [-0.2, -0.15) is 18.3 Å². The largest absolute Gasteiger partial charge is 0.433 e. The first-order valence-corrected chi connectivity index (χ1v) is 8.89. The highest BCUT2D eigenvalue weighted by atomic mass is 19.4. The highest BCUT2D eigenvalue weighted by Gasteiger charge is 2.33. The molecule has 1 fully saturated rings. The van der Waals surface area contributed by atoms with Crippen LogP contribution in [0.3, 0.4) is 0 Å². The zero-order valence-corrected chi connectivity index (χ0v) is 14.9. The number of hydrogen-bond donors (Lipinski definition) is 2. The van der Waals surface area contributed by atoms with Gasteiger partial charge in [0.25, 0.3) is 5.91 Å². The van der Waals surface area contributed by atoms with Crippen LogP contribution in [-0.4, -0.2) is 32.4 Å². The Hall–Kier alpha value is -3.01. The Morgan fingerprint density at radius 1 is 1.28 bits per heavy atom. The van der Waals surface area contributed by atoms with Crippen LogP contribution >= 0.6 is 0 Å². The van der Waals surface area contributed by atoms with Crippen molar-refractivity contribution in [2.75, 3.05) is 11.9 Å². The Balaban J connectivity index is 1.56. The van der Waals surface area contributed by atoms with Gasteiger partial charge in [0.1, 0.15) is 17.2 Å². The lowest BCUT2D eigenvalue weighted by Gasteiger charge is -2.33. The lowest BCUT2D eigenvalue weighted by Crippen LogP contribution is -2.29. The number of alkyl halides is 3. The molecule has 1 aliphatic carbocycles. The van der Waals surface area contributed by atoms with Crippen molar-refractivity contribution < 1.29 is 27.5 Å². The Kier molecular flexibility index (Phi) is 4.73. The minimum absolute atomic E-state index is 0.117. The van der Waals surface area contributed by atoms with E-state index in [1.807, 2.05) is 0 Å². The molecule has 2 N–H and O–H groups in total. The molecule has 1 aliphatic rings. The molecule has 0 saturated heterocycles. The highest BCUT2D eigenvalue weighted by Crippen LogP contribution is 2.38. The smallest absolute Gasteiger partial charge is 0.396 e. The minimum atomic E-state index is -4.69. The van der Waals surface area contributed by atoms with E-state index in [9.17, 15) is 22.4 Å². The number of benzene rings is 1. The monoisotopic (exact) mass is 408 g/mol. The number of aromatic nitrogens is 3. The molecule has 4 rings (SSSR count). The second-order valence-electron chi connectivity index (χ2n) is 7.03. The number of aliphatic hydroxyl groups is 1. The molecule has 0 unspecified atom stereocenters. The van der Waals surface area contributed by atoms with Crippen LogP contribution in [0.25, 0.3) is 10.9 Å². The van der Waals surface area contributed by atoms with Gasteiger partial charge in [-0.1, -0.05) is 6.07 Å². The average Bonchev–Trinajstić information content (AvgIpc) is 3.02. The minimum Gasteiger partial charge on any atom is -0.396 e. The number of hydrogen-bond acceptors (Lipinski definition) is 4. The summed E-state index contributed by atoms with van der Waals surface area (Å²) in [5, 5.41) is 16.3. The normalized spacial score (nSPS) is 19.2. The van der Waals surface area contributed by atoms with Gasteiger partial charge in [-0.3, -0.25) is 9.48 Å². The third-order valence-corrected chi connectivity index (χ3v) is 4.97. The van der Waals surface area contributed by atoms with Crippen molar-refractivity contribution in [1.29, 1.82) is 0 Å². The molecule has 2 heterocycles. The molecular weight excluding hydrogens is 392 g/mol. The predicted octanol–water partition coefficient (Wildman–Crippen LogP) is 3.78. The fourth-order valence-electron chi connectivity index (χ4n) is 3.32. The van der Waals surface area contributed by atoms with E-state index in [4.69, 9.17) is 5.11 Å². The summed E-state index contributed by atoms with van der Waals surface area (Å²) < 4.78 is 54.4. The standard InChI is InChI=1S/C19H16F4N4O2/c20-13-7-15-11(8-27(26-15)12-4-10(5-12)9-28)6-16(13)25-18(29)14-2-1-3-17(24-14)19(21,22)23/h1-3,6-8,10,12,28H,4-5,9H2,(H,25,29). The SMILES string of the molecule is O=C(Nc1cc2cn(C3CC(CO)C3)nc2cc1F)c1cccc(C(F)(F)F)n1. The fourth-order valence-corrected chi connectivity index (χ4v) is 3.32. The van der Waals surface area contributed by atoms with Gasteiger partial charge in [-0.05, 0) is 37.0 Å². The highest BCUT2D eigenvalue weighted by molar-refractivity contribution is 6.03. The van der Waals surface area contributed by atoms with Crippen LogP contribution in [0.1, 0.15) is 35.1 Å². The molecule has 2 aromatic heterocycles. The summed E-state index contributed by atoms with van der Waals surface area (Å²) in [6.45, 7) is 0.117. The van der Waals surface area contributed by atoms with Crippen LogP contribution in [0.5, 0.6) is 0 Å². The molecule has 1 aromatic carbocycles. The van der Waals surface area contributed by atoms with Gasteiger partial charge in [0.15, 0.2) is 0 Å². The van der Waals surface area contributed by atoms with Gasteiger partial charge >= 0.3 is 6.18 Å². The molecule has 29 heavy (non-hydrogen) atoms. The second kappa shape index (κ2) is 7.11. The number of fused-ring (bicyclic) bond motifs is 1. The summed E-state index contributed by atoms with van der Waals surface area (Å²) in [5.74, 6) is -1.48. The van der Waals surface area contributed by atoms with Crippen molar-refractivity contribution >= 4 is 22.5 Å². The predicted molar refractivity (Wildman–Crippen MR) is 95.7 cm³/mol. The molecule has 3 aromatic rings. The van der Waals surface area contributed by atoms with Gasteiger partial charge in [-0.25, -0.2) is 9.37 Å². The average molecular weight is 408 g/mol. The van der Waals surface area contributed by atoms with Gasteiger partial charge in [-0.15, -0.1) is 0 Å². The van der Waals surface area contributed by atoms with Crippen LogP contribution in [0.4, 0.5) is 23.2 Å². The number of carbonyl (C=O) groups excluding carboxylic acids is 1. The summed E-state index contributed by atoms with van der Waals surface area (Å²) in [5.41, 5.74) is -1.46. The van der Waals surface area contributed by atoms with Gasteiger partial charge in [0, 0.05) is 24.3 Å². The molecule has 0 radical (unpaired) electrons. The second-order valence-corrected chi connectivity index (χ2v) is 7.03. The van der Waals surface area contributed by atoms with Crippen molar-refractivity contribution in [3.63, 3.8) is 0 Å². The molecule has 0 atom stereocenters. The van der Waals surface area contributed by atoms with Crippen molar-refractivity contribution in [2.24, 2.45) is 5.92 Å². The van der Waals surface area contributed by atoms with Crippen LogP contribution in [0.15, 0.2) is 36.5 Å². The Bertz CT molecular complexity index is 1070. The lowest BCUT2D eigenvalue weighted by atomic mass is 9.81. The molecule has 0 aliphatic heterocycles. The maximum Gasteiger partial charge on any atom is 0.433 e. The van der Waals surface area contributed by atoms with Crippen LogP contribution in [-0.2, 0) is 6.18 Å². The Morgan fingerprint density at radius 2 is 2.03 bits per heavy atom. The number of halogens is 4. The van der Waals surface area contributed by atoms with E-state index in [1.54, 1.807) is 10.9 Å². The first-order chi connectivity index (χ1) is 13.7. The van der Waals surface area contributed by atoms with E-state index in [-0.39, 0.29) is 24.3 Å². The van der Waals surface area contributed by atoms with E-state index in [1.165, 1.54) is 6.07 Å². The summed E-state index contributed by atoms with van der Waals surface area (Å²) in [6, 6.07) is 5.58. The van der Waals surface area contributed by atoms with Crippen molar-refractivity contribution in [3.05, 3.63) is 53.7 Å². The number of amides is 1. The zero-order valence-electron chi connectivity index (χ0n) is 14.9. The molecule has 1 saturated carbocycles. The van der Waals surface area contributed by atoms with Crippen molar-refractivity contribution in [1.82, 2.24) is 14.8 Å². The molecule has 0 spiro atoms. The number of aliphatic hydroxyl groups excluding tert-OH is 1. The maximum absolute atomic E-state index is 14.4. The first-order valence-electron chi connectivity index (χ1n) is 8.89. The summed E-state index contributed by atoms with van der Waals surface area (Å²) in [6.07, 6.45) is -1.42. The maximum atomic E-state index is 14.4. The third-order valence-electron chi connectivity index (χ3n) is 4.97. The lowest BCUT2D eigenvalue weighted by molar-refractivity contribution is -0.141. The molecular formula is C19H16F4N4O2. The fraction of sp³-hybridized carbons (Fsp3) is 0.316. The first kappa shape index (κ1) is 19.3. The molecule has 6 nitrogen and oxygen atoms in total. The topological polar surface area (TPSA) is 80.0 Å². The molecule has 152 valence electrons. The molecule has 0 bridgehead atoms. The van der Waals surface area contributed by atoms with Crippen LogP contribution < -0.4 is 5.32 Å². The van der Waals surface area contributed by atoms with E-state index < -0.39 is 29.3 Å². The molecule has 10 heteroatoms. The van der Waals surface area contributed by atoms with E-state index >= 15 is 0 Å². The van der Waals surface area contributed by atoms with Gasteiger partial charge in [0.2, 0.25) is 0 Å². The van der Waals surface area contributed by atoms with E-state index in [0.29, 0.717) is 10.9 Å². The number of carbonyl (C=O) groups is 1. The number of nitrogens with zero attached hydrogens (tertiary/aromatic N) is 3. The van der Waals surface area contributed by atoms with Crippen molar-refractivity contribution in [3.8, 4) is 0 Å². The number of pyridine rings is 1. The summed E-state index contributed by atoms with van der Waals surface area (Å²) >= 11 is 0. The van der Waals surface area contributed by atoms with E-state index in [0.717, 1.165) is 37.1 Å². The molecule has 1 amide bonds. The van der Waals surface area contributed by atoms with Crippen LogP contribution in [0.2, 0.25) is 0 Å². The third kappa shape index (κ3) is 3.80. The number of nitrogens with one attached hydrogen (secondary N) is 1. The summed E-state index contributed by atoms with van der Waals surface area (Å²) in [7, 11) is 0. The van der Waals surface area contributed by atoms with Gasteiger partial charge < -0.3 is 10.4 Å².